The second-order valence-electron chi connectivity index (χ2n) is 2.45. The first-order valence-corrected chi connectivity index (χ1v) is 4.03. The summed E-state index contributed by atoms with van der Waals surface area (Å²) in [7, 11) is 0. The van der Waals surface area contributed by atoms with E-state index in [2.05, 4.69) is 5.32 Å². The molecule has 1 amide bonds. The molecule has 0 saturated carbocycles. The molecule has 1 rings (SSSR count). The molecule has 13 heavy (non-hydrogen) atoms. The van der Waals surface area contributed by atoms with Crippen LogP contribution >= 0.6 is 11.6 Å². The minimum Gasteiger partial charge on any atom is -0.465 e. The Morgan fingerprint density at radius 1 is 1.46 bits per heavy atom. The fraction of sp³-hybridized carbons (Fsp3) is 0.125. The molecule has 1 unspecified atom stereocenters. The summed E-state index contributed by atoms with van der Waals surface area (Å²) in [5.74, 6) is 0. The van der Waals surface area contributed by atoms with Crippen molar-refractivity contribution >= 4 is 23.4 Å². The molecule has 0 spiro atoms. The predicted octanol–water partition coefficient (Wildman–Crippen LogP) is 1.97. The second kappa shape index (κ2) is 4.11. The maximum atomic E-state index is 10.2. The van der Waals surface area contributed by atoms with E-state index in [9.17, 15) is 4.79 Å². The van der Waals surface area contributed by atoms with Gasteiger partial charge in [-0.1, -0.05) is 12.1 Å². The highest BCUT2D eigenvalue weighted by atomic mass is 35.5. The molecule has 1 aromatic carbocycles. The molecule has 1 atom stereocenters. The molecule has 5 heteroatoms. The average molecular weight is 201 g/mol. The van der Waals surface area contributed by atoms with E-state index >= 15 is 0 Å². The Hall–Kier alpha value is -1.26. The summed E-state index contributed by atoms with van der Waals surface area (Å²) in [6, 6.07) is 6.54. The van der Waals surface area contributed by atoms with Crippen LogP contribution in [0.5, 0.6) is 0 Å². The van der Waals surface area contributed by atoms with Gasteiger partial charge in [0, 0.05) is 5.69 Å². The van der Waals surface area contributed by atoms with Crippen LogP contribution in [0.1, 0.15) is 11.1 Å². The molecule has 0 fully saturated rings. The van der Waals surface area contributed by atoms with Crippen molar-refractivity contribution in [2.45, 2.75) is 5.50 Å². The SMILES string of the molecule is NC(Cl)c1ccc(NC(=O)O)cc1. The lowest BCUT2D eigenvalue weighted by atomic mass is 10.2. The van der Waals surface area contributed by atoms with E-state index in [1.807, 2.05) is 0 Å². The number of anilines is 1. The Kier molecular flexibility index (Phi) is 3.11. The van der Waals surface area contributed by atoms with Gasteiger partial charge in [-0.2, -0.15) is 0 Å². The number of carboxylic acid groups (broad SMARTS) is 1. The van der Waals surface area contributed by atoms with Crippen LogP contribution in [-0.4, -0.2) is 11.2 Å². The van der Waals surface area contributed by atoms with Crippen LogP contribution in [0.25, 0.3) is 0 Å². The van der Waals surface area contributed by atoms with E-state index in [0.29, 0.717) is 5.69 Å². The van der Waals surface area contributed by atoms with Crippen LogP contribution in [0.4, 0.5) is 10.5 Å². The molecular weight excluding hydrogens is 192 g/mol. The van der Waals surface area contributed by atoms with Crippen molar-refractivity contribution in [1.29, 1.82) is 0 Å². The standard InChI is InChI=1S/C8H9ClN2O2/c9-7(10)5-1-3-6(4-2-5)11-8(12)13/h1-4,7,11H,10H2,(H,12,13). The topological polar surface area (TPSA) is 75.3 Å². The lowest BCUT2D eigenvalue weighted by molar-refractivity contribution is 0.210. The number of carbonyl (C=O) groups is 1. The highest BCUT2D eigenvalue weighted by molar-refractivity contribution is 6.20. The lowest BCUT2D eigenvalue weighted by Gasteiger charge is -2.04. The molecule has 0 saturated heterocycles. The van der Waals surface area contributed by atoms with Gasteiger partial charge in [0.1, 0.15) is 5.50 Å². The number of amides is 1. The number of halogens is 1. The highest BCUT2D eigenvalue weighted by Crippen LogP contribution is 2.16. The van der Waals surface area contributed by atoms with Gasteiger partial charge in [0.2, 0.25) is 0 Å². The van der Waals surface area contributed by atoms with Gasteiger partial charge in [-0.25, -0.2) is 4.79 Å². The van der Waals surface area contributed by atoms with Crippen LogP contribution in [-0.2, 0) is 0 Å². The van der Waals surface area contributed by atoms with E-state index in [1.165, 1.54) is 0 Å². The van der Waals surface area contributed by atoms with E-state index < -0.39 is 11.6 Å². The van der Waals surface area contributed by atoms with Crippen molar-refractivity contribution in [1.82, 2.24) is 0 Å². The molecule has 70 valence electrons. The van der Waals surface area contributed by atoms with Crippen molar-refractivity contribution in [3.8, 4) is 0 Å². The fourth-order valence-corrected chi connectivity index (χ4v) is 1.02. The van der Waals surface area contributed by atoms with Gasteiger partial charge in [0.25, 0.3) is 0 Å². The van der Waals surface area contributed by atoms with Gasteiger partial charge >= 0.3 is 6.09 Å². The second-order valence-corrected chi connectivity index (χ2v) is 2.92. The maximum absolute atomic E-state index is 10.2. The van der Waals surface area contributed by atoms with Gasteiger partial charge in [0.05, 0.1) is 0 Å². The quantitative estimate of drug-likeness (QED) is 0.505. The van der Waals surface area contributed by atoms with Gasteiger partial charge in [0.15, 0.2) is 0 Å². The Bertz CT molecular complexity index is 298. The number of alkyl halides is 1. The first-order chi connectivity index (χ1) is 6.09. The molecule has 0 aliphatic heterocycles. The third-order valence-electron chi connectivity index (χ3n) is 1.48. The summed E-state index contributed by atoms with van der Waals surface area (Å²) in [5.41, 5.74) is 6.08. The molecule has 4 N–H and O–H groups in total. The summed E-state index contributed by atoms with van der Waals surface area (Å²) < 4.78 is 0. The maximum Gasteiger partial charge on any atom is 0.409 e. The first kappa shape index (κ1) is 9.83. The summed E-state index contributed by atoms with van der Waals surface area (Å²) in [6.07, 6.45) is -1.09. The van der Waals surface area contributed by atoms with Crippen molar-refractivity contribution in [2.24, 2.45) is 5.73 Å². The third-order valence-corrected chi connectivity index (χ3v) is 1.73. The number of hydrogen-bond donors (Lipinski definition) is 3. The van der Waals surface area contributed by atoms with Crippen molar-refractivity contribution in [2.75, 3.05) is 5.32 Å². The minimum atomic E-state index is -1.09. The first-order valence-electron chi connectivity index (χ1n) is 3.59. The monoisotopic (exact) mass is 200 g/mol. The summed E-state index contributed by atoms with van der Waals surface area (Å²) in [4.78, 5) is 10.2. The fourth-order valence-electron chi connectivity index (χ4n) is 0.874. The summed E-state index contributed by atoms with van der Waals surface area (Å²) in [5, 5.41) is 10.6. The van der Waals surface area contributed by atoms with Crippen LogP contribution < -0.4 is 11.1 Å². The van der Waals surface area contributed by atoms with Crippen molar-refractivity contribution in [3.63, 3.8) is 0 Å². The molecular formula is C8H9ClN2O2. The molecule has 4 nitrogen and oxygen atoms in total. The zero-order valence-electron chi connectivity index (χ0n) is 6.70. The molecule has 1 aromatic rings. The minimum absolute atomic E-state index is 0.494. The molecule has 0 aromatic heterocycles. The van der Waals surface area contributed by atoms with E-state index in [0.717, 1.165) is 5.56 Å². The predicted molar refractivity (Wildman–Crippen MR) is 50.9 cm³/mol. The third kappa shape index (κ3) is 2.93. The number of benzene rings is 1. The van der Waals surface area contributed by atoms with Gasteiger partial charge in [-0.05, 0) is 17.7 Å². The van der Waals surface area contributed by atoms with E-state index in [4.69, 9.17) is 22.4 Å². The van der Waals surface area contributed by atoms with Gasteiger partial charge in [-0.3, -0.25) is 5.32 Å². The summed E-state index contributed by atoms with van der Waals surface area (Å²) >= 11 is 5.60. The Morgan fingerprint density at radius 3 is 2.38 bits per heavy atom. The van der Waals surface area contributed by atoms with Gasteiger partial charge in [-0.15, -0.1) is 11.6 Å². The number of hydrogen-bond acceptors (Lipinski definition) is 2. The molecule has 0 bridgehead atoms. The molecule has 0 radical (unpaired) electrons. The smallest absolute Gasteiger partial charge is 0.409 e. The molecule has 0 aliphatic carbocycles. The Labute approximate surface area is 80.3 Å². The van der Waals surface area contributed by atoms with Crippen LogP contribution in [0, 0.1) is 0 Å². The number of nitrogens with two attached hydrogens (primary N) is 1. The number of rotatable bonds is 2. The van der Waals surface area contributed by atoms with Crippen LogP contribution in [0.2, 0.25) is 0 Å². The van der Waals surface area contributed by atoms with Crippen molar-refractivity contribution in [3.05, 3.63) is 29.8 Å². The van der Waals surface area contributed by atoms with Crippen molar-refractivity contribution < 1.29 is 9.90 Å². The molecule has 0 heterocycles. The van der Waals surface area contributed by atoms with Gasteiger partial charge < -0.3 is 10.8 Å². The largest absolute Gasteiger partial charge is 0.465 e. The Balaban J connectivity index is 2.75. The highest BCUT2D eigenvalue weighted by Gasteiger charge is 2.01. The summed E-state index contributed by atoms with van der Waals surface area (Å²) in [6.45, 7) is 0. The normalized spacial score (nSPS) is 12.2. The van der Waals surface area contributed by atoms with E-state index in [1.54, 1.807) is 24.3 Å². The van der Waals surface area contributed by atoms with E-state index in [-0.39, 0.29) is 0 Å². The lowest BCUT2D eigenvalue weighted by Crippen LogP contribution is -2.07. The van der Waals surface area contributed by atoms with Crippen LogP contribution in [0.3, 0.4) is 0 Å². The average Bonchev–Trinajstić information content (AvgIpc) is 2.04. The molecule has 0 aliphatic rings. The number of nitrogens with one attached hydrogen (secondary N) is 1. The Morgan fingerprint density at radius 2 is 2.00 bits per heavy atom. The van der Waals surface area contributed by atoms with Crippen LogP contribution in [0.15, 0.2) is 24.3 Å². The zero-order chi connectivity index (χ0) is 9.84. The zero-order valence-corrected chi connectivity index (χ0v) is 7.45.